The summed E-state index contributed by atoms with van der Waals surface area (Å²) < 4.78 is 0. The first-order valence-electron chi connectivity index (χ1n) is 8.23. The zero-order valence-corrected chi connectivity index (χ0v) is 12.5. The van der Waals surface area contributed by atoms with Gasteiger partial charge in [0.1, 0.15) is 6.04 Å². The van der Waals surface area contributed by atoms with Gasteiger partial charge < -0.3 is 10.0 Å². The van der Waals surface area contributed by atoms with Crippen LogP contribution in [0.4, 0.5) is 4.79 Å². The van der Waals surface area contributed by atoms with E-state index in [-0.39, 0.29) is 12.1 Å². The second-order valence-corrected chi connectivity index (χ2v) is 6.57. The smallest absolute Gasteiger partial charge is 0.332 e. The summed E-state index contributed by atoms with van der Waals surface area (Å²) in [5, 5.41) is 11.4. The Hall–Kier alpha value is -1.30. The van der Waals surface area contributed by atoms with Crippen molar-refractivity contribution in [1.82, 2.24) is 15.3 Å². The maximum atomic E-state index is 12.6. The van der Waals surface area contributed by atoms with Crippen molar-refractivity contribution in [2.75, 3.05) is 13.1 Å². The number of hydrazine groups is 1. The number of likely N-dealkylation sites (tertiary alicyclic amines) is 1. The molecule has 0 spiro atoms. The van der Waals surface area contributed by atoms with E-state index in [1.165, 1.54) is 6.42 Å². The highest BCUT2D eigenvalue weighted by Crippen LogP contribution is 2.39. The minimum absolute atomic E-state index is 0.115. The van der Waals surface area contributed by atoms with Crippen LogP contribution in [0, 0.1) is 5.92 Å². The van der Waals surface area contributed by atoms with E-state index in [4.69, 9.17) is 0 Å². The van der Waals surface area contributed by atoms with Gasteiger partial charge in [0.05, 0.1) is 0 Å². The number of rotatable bonds is 2. The van der Waals surface area contributed by atoms with Crippen LogP contribution in [0.2, 0.25) is 0 Å². The van der Waals surface area contributed by atoms with Crippen molar-refractivity contribution in [2.24, 2.45) is 5.92 Å². The number of carbonyl (C=O) groups excluding carboxylic acids is 1. The van der Waals surface area contributed by atoms with Crippen LogP contribution in [0.3, 0.4) is 0 Å². The highest BCUT2D eigenvalue weighted by atomic mass is 16.4. The molecule has 2 N–H and O–H groups in total. The first-order chi connectivity index (χ1) is 10.2. The Kier molecular flexibility index (Phi) is 4.33. The number of hydrogen-bond acceptors (Lipinski definition) is 3. The van der Waals surface area contributed by atoms with Crippen molar-refractivity contribution in [3.05, 3.63) is 0 Å². The average Bonchev–Trinajstić information content (AvgIpc) is 2.88. The molecule has 21 heavy (non-hydrogen) atoms. The molecule has 3 atom stereocenters. The molecule has 1 saturated carbocycles. The fourth-order valence-electron chi connectivity index (χ4n) is 4.17. The predicted octanol–water partition coefficient (Wildman–Crippen LogP) is 1.81. The maximum absolute atomic E-state index is 12.6. The third kappa shape index (κ3) is 3.00. The Morgan fingerprint density at radius 1 is 1.00 bits per heavy atom. The van der Waals surface area contributed by atoms with Crippen LogP contribution in [-0.4, -0.2) is 52.2 Å². The Labute approximate surface area is 125 Å². The largest absolute Gasteiger partial charge is 0.480 e. The summed E-state index contributed by atoms with van der Waals surface area (Å²) in [5.74, 6) is -0.495. The lowest BCUT2D eigenvalue weighted by atomic mass is 9.85. The molecule has 0 aromatic rings. The summed E-state index contributed by atoms with van der Waals surface area (Å²) in [6.07, 6.45) is 8.27. The van der Waals surface area contributed by atoms with E-state index in [1.807, 2.05) is 5.01 Å². The molecule has 0 radical (unpaired) electrons. The molecule has 2 aliphatic heterocycles. The number of amides is 2. The van der Waals surface area contributed by atoms with Gasteiger partial charge in [0.25, 0.3) is 0 Å². The topological polar surface area (TPSA) is 72.9 Å². The van der Waals surface area contributed by atoms with Gasteiger partial charge in [-0.1, -0.05) is 19.3 Å². The molecule has 3 fully saturated rings. The van der Waals surface area contributed by atoms with Gasteiger partial charge in [0, 0.05) is 19.1 Å². The molecule has 3 rings (SSSR count). The molecule has 3 unspecified atom stereocenters. The minimum Gasteiger partial charge on any atom is -0.480 e. The number of piperidine rings is 1. The van der Waals surface area contributed by atoms with Crippen molar-refractivity contribution in [2.45, 2.75) is 63.5 Å². The van der Waals surface area contributed by atoms with E-state index in [0.717, 1.165) is 51.6 Å². The molecule has 1 aliphatic carbocycles. The fraction of sp³-hybridized carbons (Fsp3) is 0.867. The van der Waals surface area contributed by atoms with Crippen LogP contribution >= 0.6 is 0 Å². The number of aliphatic carboxylic acids is 1. The quantitative estimate of drug-likeness (QED) is 0.815. The SMILES string of the molecule is O=C(O)C1CC2CCCCC2N1C(=O)NN1CCCCC1. The molecule has 6 heteroatoms. The van der Waals surface area contributed by atoms with Gasteiger partial charge in [-0.15, -0.1) is 0 Å². The molecule has 0 aromatic heterocycles. The second kappa shape index (κ2) is 6.22. The molecule has 6 nitrogen and oxygen atoms in total. The molecular formula is C15H25N3O3. The first kappa shape index (κ1) is 14.6. The van der Waals surface area contributed by atoms with Gasteiger partial charge >= 0.3 is 12.0 Å². The predicted molar refractivity (Wildman–Crippen MR) is 77.6 cm³/mol. The zero-order chi connectivity index (χ0) is 14.8. The van der Waals surface area contributed by atoms with Crippen LogP contribution in [0.5, 0.6) is 0 Å². The number of carboxylic acids is 1. The van der Waals surface area contributed by atoms with Crippen LogP contribution in [0.1, 0.15) is 51.4 Å². The number of carboxylic acid groups (broad SMARTS) is 1. The van der Waals surface area contributed by atoms with E-state index in [0.29, 0.717) is 12.3 Å². The van der Waals surface area contributed by atoms with Crippen molar-refractivity contribution >= 4 is 12.0 Å². The standard InChI is InChI=1S/C15H25N3O3/c19-14(20)13-10-11-6-2-3-7-12(11)18(13)15(21)16-17-8-4-1-5-9-17/h11-13H,1-10H2,(H,16,21)(H,19,20). The second-order valence-electron chi connectivity index (χ2n) is 6.57. The van der Waals surface area contributed by atoms with E-state index < -0.39 is 12.0 Å². The summed E-state index contributed by atoms with van der Waals surface area (Å²) in [7, 11) is 0. The Morgan fingerprint density at radius 3 is 2.43 bits per heavy atom. The Morgan fingerprint density at radius 2 is 1.71 bits per heavy atom. The third-order valence-electron chi connectivity index (χ3n) is 5.22. The van der Waals surface area contributed by atoms with Crippen molar-refractivity contribution in [3.8, 4) is 0 Å². The van der Waals surface area contributed by atoms with E-state index >= 15 is 0 Å². The van der Waals surface area contributed by atoms with Gasteiger partial charge in [-0.05, 0) is 38.0 Å². The van der Waals surface area contributed by atoms with Crippen LogP contribution < -0.4 is 5.43 Å². The summed E-state index contributed by atoms with van der Waals surface area (Å²) in [6, 6.07) is -0.744. The number of hydrogen-bond donors (Lipinski definition) is 2. The van der Waals surface area contributed by atoms with Crippen molar-refractivity contribution in [3.63, 3.8) is 0 Å². The van der Waals surface area contributed by atoms with Gasteiger partial charge in [-0.25, -0.2) is 14.6 Å². The van der Waals surface area contributed by atoms with E-state index in [2.05, 4.69) is 5.43 Å². The molecule has 3 aliphatic rings. The molecule has 0 bridgehead atoms. The summed E-state index contributed by atoms with van der Waals surface area (Å²) in [6.45, 7) is 1.73. The molecule has 2 saturated heterocycles. The summed E-state index contributed by atoms with van der Waals surface area (Å²) in [4.78, 5) is 25.7. The van der Waals surface area contributed by atoms with Crippen LogP contribution in [0.15, 0.2) is 0 Å². The maximum Gasteiger partial charge on any atom is 0.332 e. The molecule has 0 aromatic carbocycles. The fourth-order valence-corrected chi connectivity index (χ4v) is 4.17. The average molecular weight is 295 g/mol. The Bertz CT molecular complexity index is 409. The first-order valence-corrected chi connectivity index (χ1v) is 8.23. The van der Waals surface area contributed by atoms with E-state index in [9.17, 15) is 14.7 Å². The van der Waals surface area contributed by atoms with Crippen LogP contribution in [0.25, 0.3) is 0 Å². The van der Waals surface area contributed by atoms with E-state index in [1.54, 1.807) is 4.90 Å². The van der Waals surface area contributed by atoms with Crippen molar-refractivity contribution in [1.29, 1.82) is 0 Å². The summed E-state index contributed by atoms with van der Waals surface area (Å²) >= 11 is 0. The van der Waals surface area contributed by atoms with Crippen molar-refractivity contribution < 1.29 is 14.7 Å². The lowest BCUT2D eigenvalue weighted by Gasteiger charge is -2.35. The number of fused-ring (bicyclic) bond motifs is 1. The Balaban J connectivity index is 1.69. The minimum atomic E-state index is -0.863. The zero-order valence-electron chi connectivity index (χ0n) is 12.5. The molecular weight excluding hydrogens is 270 g/mol. The molecule has 118 valence electrons. The summed E-state index contributed by atoms with van der Waals surface area (Å²) in [5.41, 5.74) is 2.94. The lowest BCUT2D eigenvalue weighted by Crippen LogP contribution is -2.56. The number of nitrogens with zero attached hydrogens (tertiary/aromatic N) is 2. The lowest BCUT2D eigenvalue weighted by molar-refractivity contribution is -0.141. The number of urea groups is 1. The van der Waals surface area contributed by atoms with Gasteiger partial charge in [-0.2, -0.15) is 0 Å². The highest BCUT2D eigenvalue weighted by Gasteiger charge is 2.47. The highest BCUT2D eigenvalue weighted by molar-refractivity contribution is 5.83. The van der Waals surface area contributed by atoms with Crippen LogP contribution in [-0.2, 0) is 4.79 Å². The molecule has 2 amide bonds. The number of carbonyl (C=O) groups is 2. The van der Waals surface area contributed by atoms with Gasteiger partial charge in [0.15, 0.2) is 0 Å². The monoisotopic (exact) mass is 295 g/mol. The third-order valence-corrected chi connectivity index (χ3v) is 5.22. The van der Waals surface area contributed by atoms with Gasteiger partial charge in [-0.3, -0.25) is 5.43 Å². The molecule has 2 heterocycles. The van der Waals surface area contributed by atoms with Gasteiger partial charge in [0.2, 0.25) is 0 Å². The number of nitrogens with one attached hydrogen (secondary N) is 1. The normalized spacial score (nSPS) is 33.5.